The molecular weight excluding hydrogens is 255 g/mol. The fourth-order valence-electron chi connectivity index (χ4n) is 2.25. The van der Waals surface area contributed by atoms with Crippen molar-refractivity contribution in [3.05, 3.63) is 35.4 Å². The zero-order valence-corrected chi connectivity index (χ0v) is 9.27. The van der Waals surface area contributed by atoms with Gasteiger partial charge in [0.15, 0.2) is 0 Å². The number of halogens is 5. The molecule has 1 atom stereocenters. The first-order chi connectivity index (χ1) is 8.17. The number of hydrogen-bond acceptors (Lipinski definition) is 1. The standard InChI is InChI=1S/C12H11F5O/c13-11(14,12(15,16)17)10(18)6-5-8-3-1-2-4-9(8)7-10/h1-4,18H,5-7H2. The summed E-state index contributed by atoms with van der Waals surface area (Å²) in [6.45, 7) is 0. The molecule has 0 heterocycles. The molecule has 100 valence electrons. The van der Waals surface area contributed by atoms with Gasteiger partial charge in [-0.2, -0.15) is 22.0 Å². The van der Waals surface area contributed by atoms with Crippen molar-refractivity contribution in [1.82, 2.24) is 0 Å². The Morgan fingerprint density at radius 2 is 1.56 bits per heavy atom. The van der Waals surface area contributed by atoms with E-state index in [-0.39, 0.29) is 6.42 Å². The van der Waals surface area contributed by atoms with Gasteiger partial charge in [0.05, 0.1) is 0 Å². The van der Waals surface area contributed by atoms with E-state index in [1.165, 1.54) is 6.07 Å². The van der Waals surface area contributed by atoms with Crippen LogP contribution in [0.4, 0.5) is 22.0 Å². The molecule has 1 aromatic rings. The molecule has 0 aromatic heterocycles. The summed E-state index contributed by atoms with van der Waals surface area (Å²) >= 11 is 0. The van der Waals surface area contributed by atoms with Crippen LogP contribution in [0.15, 0.2) is 24.3 Å². The van der Waals surface area contributed by atoms with Crippen molar-refractivity contribution in [2.75, 3.05) is 0 Å². The van der Waals surface area contributed by atoms with Crippen molar-refractivity contribution in [1.29, 1.82) is 0 Å². The third-order valence-electron chi connectivity index (χ3n) is 3.35. The summed E-state index contributed by atoms with van der Waals surface area (Å²) in [5.74, 6) is -5.10. The maximum atomic E-state index is 13.3. The number of benzene rings is 1. The van der Waals surface area contributed by atoms with E-state index in [9.17, 15) is 27.1 Å². The average Bonchev–Trinajstić information content (AvgIpc) is 2.27. The molecule has 1 N–H and O–H groups in total. The lowest BCUT2D eigenvalue weighted by atomic mass is 9.76. The highest BCUT2D eigenvalue weighted by molar-refractivity contribution is 5.32. The number of rotatable bonds is 1. The Balaban J connectivity index is 2.36. The first-order valence-electron chi connectivity index (χ1n) is 5.41. The molecule has 1 aliphatic rings. The first-order valence-corrected chi connectivity index (χ1v) is 5.41. The summed E-state index contributed by atoms with van der Waals surface area (Å²) in [4.78, 5) is 0. The summed E-state index contributed by atoms with van der Waals surface area (Å²) in [6.07, 6.45) is -7.02. The second-order valence-electron chi connectivity index (χ2n) is 4.55. The van der Waals surface area contributed by atoms with Crippen LogP contribution in [0.1, 0.15) is 17.5 Å². The Kier molecular flexibility index (Phi) is 2.88. The fourth-order valence-corrected chi connectivity index (χ4v) is 2.25. The van der Waals surface area contributed by atoms with E-state index in [0.717, 1.165) is 0 Å². The normalized spacial score (nSPS) is 24.8. The quantitative estimate of drug-likeness (QED) is 0.774. The minimum atomic E-state index is -5.74. The number of alkyl halides is 5. The largest absolute Gasteiger partial charge is 0.456 e. The molecule has 0 bridgehead atoms. The van der Waals surface area contributed by atoms with Gasteiger partial charge in [-0.15, -0.1) is 0 Å². The summed E-state index contributed by atoms with van der Waals surface area (Å²) < 4.78 is 63.6. The monoisotopic (exact) mass is 266 g/mol. The minimum absolute atomic E-state index is 0.0122. The molecule has 18 heavy (non-hydrogen) atoms. The van der Waals surface area contributed by atoms with Gasteiger partial charge in [-0.25, -0.2) is 0 Å². The second-order valence-corrected chi connectivity index (χ2v) is 4.55. The number of fused-ring (bicyclic) bond motifs is 1. The third-order valence-corrected chi connectivity index (χ3v) is 3.35. The van der Waals surface area contributed by atoms with Crippen molar-refractivity contribution in [2.45, 2.75) is 37.0 Å². The van der Waals surface area contributed by atoms with Gasteiger partial charge in [0.2, 0.25) is 0 Å². The molecule has 0 saturated heterocycles. The Morgan fingerprint density at radius 1 is 1.00 bits per heavy atom. The molecule has 6 heteroatoms. The van der Waals surface area contributed by atoms with Gasteiger partial charge < -0.3 is 5.11 Å². The van der Waals surface area contributed by atoms with E-state index in [1.54, 1.807) is 18.2 Å². The molecule has 0 saturated carbocycles. The molecule has 0 aliphatic heterocycles. The van der Waals surface area contributed by atoms with Crippen LogP contribution in [0.25, 0.3) is 0 Å². The number of aryl methyl sites for hydroxylation is 1. The van der Waals surface area contributed by atoms with Crippen LogP contribution in [0, 0.1) is 0 Å². The Hall–Kier alpha value is -1.17. The highest BCUT2D eigenvalue weighted by atomic mass is 19.4. The van der Waals surface area contributed by atoms with E-state index in [4.69, 9.17) is 0 Å². The molecule has 1 aliphatic carbocycles. The van der Waals surface area contributed by atoms with Crippen molar-refractivity contribution in [3.63, 3.8) is 0 Å². The Labute approximate surface area is 100 Å². The zero-order valence-electron chi connectivity index (χ0n) is 9.27. The van der Waals surface area contributed by atoms with Crippen molar-refractivity contribution in [2.24, 2.45) is 0 Å². The highest BCUT2D eigenvalue weighted by Gasteiger charge is 2.69. The predicted molar refractivity (Wildman–Crippen MR) is 54.4 cm³/mol. The second kappa shape index (κ2) is 3.91. The minimum Gasteiger partial charge on any atom is -0.383 e. The SMILES string of the molecule is OC1(C(F)(F)C(F)(F)F)CCc2ccccc2C1. The van der Waals surface area contributed by atoms with E-state index < -0.39 is 30.5 Å². The fraction of sp³-hybridized carbons (Fsp3) is 0.500. The van der Waals surface area contributed by atoms with Crippen molar-refractivity contribution >= 4 is 0 Å². The molecule has 0 amide bonds. The Morgan fingerprint density at radius 3 is 2.11 bits per heavy atom. The van der Waals surface area contributed by atoms with Gasteiger partial charge in [-0.1, -0.05) is 24.3 Å². The lowest BCUT2D eigenvalue weighted by molar-refractivity contribution is -0.343. The molecule has 1 nitrogen and oxygen atoms in total. The van der Waals surface area contributed by atoms with Gasteiger partial charge >= 0.3 is 12.1 Å². The van der Waals surface area contributed by atoms with Crippen LogP contribution in [0.5, 0.6) is 0 Å². The lowest BCUT2D eigenvalue weighted by Gasteiger charge is -2.40. The molecular formula is C12H11F5O. The third kappa shape index (κ3) is 1.88. The van der Waals surface area contributed by atoms with Gasteiger partial charge in [-0.05, 0) is 24.0 Å². The van der Waals surface area contributed by atoms with E-state index in [2.05, 4.69) is 0 Å². The summed E-state index contributed by atoms with van der Waals surface area (Å²) in [7, 11) is 0. The van der Waals surface area contributed by atoms with Crippen LogP contribution in [-0.4, -0.2) is 22.8 Å². The summed E-state index contributed by atoms with van der Waals surface area (Å²) in [5, 5.41) is 9.71. The van der Waals surface area contributed by atoms with Crippen molar-refractivity contribution < 1.29 is 27.1 Å². The van der Waals surface area contributed by atoms with Crippen LogP contribution >= 0.6 is 0 Å². The van der Waals surface area contributed by atoms with E-state index >= 15 is 0 Å². The summed E-state index contributed by atoms with van der Waals surface area (Å²) in [5.41, 5.74) is -2.00. The maximum absolute atomic E-state index is 13.3. The van der Waals surface area contributed by atoms with Crippen LogP contribution < -0.4 is 0 Å². The average molecular weight is 266 g/mol. The molecule has 2 rings (SSSR count). The predicted octanol–water partition coefficient (Wildman–Crippen LogP) is 3.10. The highest BCUT2D eigenvalue weighted by Crippen LogP contribution is 2.48. The number of aliphatic hydroxyl groups is 1. The topological polar surface area (TPSA) is 20.2 Å². The smallest absolute Gasteiger partial charge is 0.383 e. The first kappa shape index (κ1) is 13.3. The molecule has 1 aromatic carbocycles. The summed E-state index contributed by atoms with van der Waals surface area (Å²) in [6, 6.07) is 6.37. The van der Waals surface area contributed by atoms with Gasteiger partial charge in [0.25, 0.3) is 0 Å². The van der Waals surface area contributed by atoms with Gasteiger partial charge in [0.1, 0.15) is 5.60 Å². The molecule has 0 spiro atoms. The van der Waals surface area contributed by atoms with Crippen LogP contribution in [0.2, 0.25) is 0 Å². The molecule has 0 radical (unpaired) electrons. The Bertz CT molecular complexity index is 454. The van der Waals surface area contributed by atoms with E-state index in [1.807, 2.05) is 0 Å². The van der Waals surface area contributed by atoms with Gasteiger partial charge in [0, 0.05) is 6.42 Å². The zero-order chi connectivity index (χ0) is 13.6. The van der Waals surface area contributed by atoms with Crippen molar-refractivity contribution in [3.8, 4) is 0 Å². The maximum Gasteiger partial charge on any atom is 0.456 e. The lowest BCUT2D eigenvalue weighted by Crippen LogP contribution is -2.59. The van der Waals surface area contributed by atoms with Crippen LogP contribution in [0.3, 0.4) is 0 Å². The van der Waals surface area contributed by atoms with Gasteiger partial charge in [-0.3, -0.25) is 0 Å². The molecule has 0 fully saturated rings. The van der Waals surface area contributed by atoms with E-state index in [0.29, 0.717) is 11.1 Å². The molecule has 1 unspecified atom stereocenters. The van der Waals surface area contributed by atoms with Crippen LogP contribution in [-0.2, 0) is 12.8 Å². The number of hydrogen-bond donors (Lipinski definition) is 1.